The van der Waals surface area contributed by atoms with Crippen molar-refractivity contribution in [3.8, 4) is 5.88 Å². The van der Waals surface area contributed by atoms with Gasteiger partial charge in [-0.05, 0) is 29.7 Å². The van der Waals surface area contributed by atoms with Gasteiger partial charge < -0.3 is 9.72 Å². The maximum absolute atomic E-state index is 12.9. The van der Waals surface area contributed by atoms with Crippen LogP contribution in [-0.2, 0) is 10.0 Å². The van der Waals surface area contributed by atoms with Gasteiger partial charge in [0.1, 0.15) is 10.6 Å². The van der Waals surface area contributed by atoms with Crippen molar-refractivity contribution < 1.29 is 13.2 Å². The number of hydrogen-bond donors (Lipinski definition) is 1. The minimum Gasteiger partial charge on any atom is -0.479 e. The summed E-state index contributed by atoms with van der Waals surface area (Å²) in [6, 6.07) is 5.02. The lowest BCUT2D eigenvalue weighted by atomic mass is 10.2. The number of fused-ring (bicyclic) bond motifs is 1. The van der Waals surface area contributed by atoms with Gasteiger partial charge in [-0.25, -0.2) is 8.42 Å². The molecule has 0 atom stereocenters. The molecule has 1 N–H and O–H groups in total. The van der Waals surface area contributed by atoms with Crippen molar-refractivity contribution in [3.63, 3.8) is 0 Å². The summed E-state index contributed by atoms with van der Waals surface area (Å²) < 4.78 is 36.0. The number of halogens is 1. The van der Waals surface area contributed by atoms with E-state index in [9.17, 15) is 8.42 Å². The number of anilines is 1. The zero-order chi connectivity index (χ0) is 15.9. The zero-order valence-corrected chi connectivity index (χ0v) is 14.1. The van der Waals surface area contributed by atoms with Gasteiger partial charge in [-0.3, -0.25) is 4.31 Å². The SMILES string of the molecule is COc1nscc1N(C)S(=O)(=O)c1c[nH]c2cc(Cl)ccc12. The van der Waals surface area contributed by atoms with Crippen LogP contribution in [-0.4, -0.2) is 31.9 Å². The standard InChI is InChI=1S/C13H12ClN3O3S2/c1-17(11-7-21-16-13(11)20-2)22(18,19)12-6-15-10-5-8(14)3-4-9(10)12/h3-7,15H,1-2H3. The molecule has 0 spiro atoms. The van der Waals surface area contributed by atoms with Crippen LogP contribution in [0.1, 0.15) is 0 Å². The van der Waals surface area contributed by atoms with Crippen molar-refractivity contribution in [3.05, 3.63) is 34.8 Å². The van der Waals surface area contributed by atoms with E-state index in [0.29, 0.717) is 21.6 Å². The first-order chi connectivity index (χ1) is 10.4. The number of aromatic amines is 1. The number of benzene rings is 1. The molecule has 116 valence electrons. The molecule has 22 heavy (non-hydrogen) atoms. The highest BCUT2D eigenvalue weighted by Gasteiger charge is 2.27. The van der Waals surface area contributed by atoms with E-state index in [0.717, 1.165) is 15.8 Å². The van der Waals surface area contributed by atoms with Gasteiger partial charge in [-0.2, -0.15) is 4.37 Å². The van der Waals surface area contributed by atoms with Crippen LogP contribution in [0.4, 0.5) is 5.69 Å². The first-order valence-corrected chi connectivity index (χ1v) is 8.84. The van der Waals surface area contributed by atoms with Crippen LogP contribution in [0.15, 0.2) is 34.7 Å². The van der Waals surface area contributed by atoms with E-state index in [1.807, 2.05) is 0 Å². The lowest BCUT2D eigenvalue weighted by Crippen LogP contribution is -2.26. The number of hydrogen-bond acceptors (Lipinski definition) is 5. The molecule has 0 aliphatic carbocycles. The molecule has 1 aromatic carbocycles. The minimum atomic E-state index is -3.74. The van der Waals surface area contributed by atoms with Crippen molar-refractivity contribution in [2.75, 3.05) is 18.5 Å². The fourth-order valence-corrected chi connectivity index (χ4v) is 4.40. The molecule has 0 radical (unpaired) electrons. The van der Waals surface area contributed by atoms with Gasteiger partial charge in [0, 0.05) is 34.6 Å². The van der Waals surface area contributed by atoms with Gasteiger partial charge in [0.2, 0.25) is 5.88 Å². The van der Waals surface area contributed by atoms with Crippen LogP contribution in [0.25, 0.3) is 10.9 Å². The summed E-state index contributed by atoms with van der Waals surface area (Å²) in [5.74, 6) is 0.277. The van der Waals surface area contributed by atoms with E-state index >= 15 is 0 Å². The highest BCUT2D eigenvalue weighted by Crippen LogP contribution is 2.34. The predicted octanol–water partition coefficient (Wildman–Crippen LogP) is 3.11. The summed E-state index contributed by atoms with van der Waals surface area (Å²) in [6.45, 7) is 0. The van der Waals surface area contributed by atoms with Crippen LogP contribution in [0, 0.1) is 0 Å². The normalized spacial score (nSPS) is 11.8. The molecule has 6 nitrogen and oxygen atoms in total. The van der Waals surface area contributed by atoms with Crippen LogP contribution in [0.3, 0.4) is 0 Å². The molecule has 0 unspecified atom stereocenters. The molecule has 0 saturated heterocycles. The van der Waals surface area contributed by atoms with Crippen molar-refractivity contribution in [1.29, 1.82) is 0 Å². The molecule has 0 aliphatic heterocycles. The number of ether oxygens (including phenoxy) is 1. The highest BCUT2D eigenvalue weighted by molar-refractivity contribution is 7.93. The Kier molecular flexibility index (Phi) is 3.75. The average molecular weight is 358 g/mol. The molecule has 3 aromatic rings. The number of rotatable bonds is 4. The number of methoxy groups -OCH3 is 1. The number of H-pyrrole nitrogens is 1. The third kappa shape index (κ3) is 2.33. The summed E-state index contributed by atoms with van der Waals surface area (Å²) in [5, 5.41) is 2.75. The first kappa shape index (κ1) is 15.1. The summed E-state index contributed by atoms with van der Waals surface area (Å²) >= 11 is 7.05. The molecular formula is C13H12ClN3O3S2. The van der Waals surface area contributed by atoms with Gasteiger partial charge in [-0.1, -0.05) is 11.6 Å². The Bertz CT molecular complexity index is 933. The van der Waals surface area contributed by atoms with Crippen LogP contribution < -0.4 is 9.04 Å². The monoisotopic (exact) mass is 357 g/mol. The second-order valence-corrected chi connectivity index (χ2v) is 7.53. The van der Waals surface area contributed by atoms with E-state index in [2.05, 4.69) is 9.36 Å². The third-order valence-electron chi connectivity index (χ3n) is 3.30. The average Bonchev–Trinajstić information content (AvgIpc) is 3.12. The first-order valence-electron chi connectivity index (χ1n) is 6.19. The molecule has 2 heterocycles. The van der Waals surface area contributed by atoms with Crippen LogP contribution in [0.5, 0.6) is 5.88 Å². The van der Waals surface area contributed by atoms with E-state index in [-0.39, 0.29) is 10.8 Å². The number of aromatic nitrogens is 2. The number of nitrogens with zero attached hydrogens (tertiary/aromatic N) is 2. The summed E-state index contributed by atoms with van der Waals surface area (Å²) in [4.78, 5) is 3.11. The van der Waals surface area contributed by atoms with E-state index in [4.69, 9.17) is 16.3 Å². The fourth-order valence-electron chi connectivity index (χ4n) is 2.13. The Labute approximate surface area is 136 Å². The second-order valence-electron chi connectivity index (χ2n) is 4.52. The molecule has 0 aliphatic rings. The van der Waals surface area contributed by atoms with Crippen molar-refractivity contribution in [2.45, 2.75) is 4.90 Å². The lowest BCUT2D eigenvalue weighted by molar-refractivity contribution is 0.403. The lowest BCUT2D eigenvalue weighted by Gasteiger charge is -2.18. The second kappa shape index (κ2) is 5.45. The highest BCUT2D eigenvalue weighted by atomic mass is 35.5. The van der Waals surface area contributed by atoms with Crippen LogP contribution in [0.2, 0.25) is 5.02 Å². The van der Waals surface area contributed by atoms with Gasteiger partial charge in [0.05, 0.1) is 7.11 Å². The third-order valence-corrected chi connectivity index (χ3v) is 5.94. The Hall–Kier alpha value is -1.77. The summed E-state index contributed by atoms with van der Waals surface area (Å²) in [7, 11) is -0.825. The fraction of sp³-hybridized carbons (Fsp3) is 0.154. The smallest absolute Gasteiger partial charge is 0.266 e. The molecule has 2 aromatic heterocycles. The van der Waals surface area contributed by atoms with Crippen LogP contribution >= 0.6 is 23.1 Å². The van der Waals surface area contributed by atoms with Crippen molar-refractivity contribution in [1.82, 2.24) is 9.36 Å². The van der Waals surface area contributed by atoms with Crippen molar-refractivity contribution in [2.24, 2.45) is 0 Å². The van der Waals surface area contributed by atoms with E-state index in [1.165, 1.54) is 20.4 Å². The maximum Gasteiger partial charge on any atom is 0.266 e. The zero-order valence-electron chi connectivity index (χ0n) is 11.7. The van der Waals surface area contributed by atoms with Gasteiger partial charge in [0.25, 0.3) is 10.0 Å². The number of sulfonamides is 1. The summed E-state index contributed by atoms with van der Waals surface area (Å²) in [6.07, 6.45) is 1.46. The van der Waals surface area contributed by atoms with Gasteiger partial charge >= 0.3 is 0 Å². The molecule has 3 rings (SSSR count). The molecule has 9 heteroatoms. The quantitative estimate of drug-likeness (QED) is 0.778. The van der Waals surface area contributed by atoms with Crippen molar-refractivity contribution >= 4 is 49.7 Å². The topological polar surface area (TPSA) is 75.3 Å². The summed E-state index contributed by atoms with van der Waals surface area (Å²) in [5.41, 5.74) is 1.06. The van der Waals surface area contributed by atoms with E-state index < -0.39 is 10.0 Å². The largest absolute Gasteiger partial charge is 0.479 e. The Morgan fingerprint density at radius 2 is 2.18 bits per heavy atom. The maximum atomic E-state index is 12.9. The molecule has 0 saturated carbocycles. The predicted molar refractivity (Wildman–Crippen MR) is 87.6 cm³/mol. The minimum absolute atomic E-state index is 0.176. The Morgan fingerprint density at radius 1 is 1.41 bits per heavy atom. The molecule has 0 fully saturated rings. The molecule has 0 amide bonds. The van der Waals surface area contributed by atoms with Gasteiger partial charge in [-0.15, -0.1) is 0 Å². The number of nitrogens with one attached hydrogen (secondary N) is 1. The molecule has 0 bridgehead atoms. The Balaban J connectivity index is 2.12. The Morgan fingerprint density at radius 3 is 2.91 bits per heavy atom. The van der Waals surface area contributed by atoms with E-state index in [1.54, 1.807) is 23.6 Å². The molecular weight excluding hydrogens is 346 g/mol. The van der Waals surface area contributed by atoms with Gasteiger partial charge in [0.15, 0.2) is 0 Å².